The van der Waals surface area contributed by atoms with Crippen molar-refractivity contribution in [1.29, 1.82) is 0 Å². The molecule has 2 rings (SSSR count). The predicted molar refractivity (Wildman–Crippen MR) is 69.2 cm³/mol. The quantitative estimate of drug-likeness (QED) is 0.912. The number of halogens is 1. The van der Waals surface area contributed by atoms with Crippen molar-refractivity contribution in [2.24, 2.45) is 5.73 Å². The zero-order valence-corrected chi connectivity index (χ0v) is 11.0. The van der Waals surface area contributed by atoms with Crippen LogP contribution in [0, 0.1) is 5.82 Å². The number of sulfone groups is 1. The van der Waals surface area contributed by atoms with Crippen molar-refractivity contribution in [2.45, 2.75) is 43.2 Å². The fourth-order valence-corrected chi connectivity index (χ4v) is 4.43. The van der Waals surface area contributed by atoms with E-state index in [1.807, 2.05) is 0 Å². The van der Waals surface area contributed by atoms with Gasteiger partial charge in [0, 0.05) is 6.54 Å². The van der Waals surface area contributed by atoms with Crippen LogP contribution < -0.4 is 5.73 Å². The van der Waals surface area contributed by atoms with Crippen molar-refractivity contribution in [3.8, 4) is 0 Å². The summed E-state index contributed by atoms with van der Waals surface area (Å²) in [4.78, 5) is 0. The Kier molecular flexibility index (Phi) is 4.02. The monoisotopic (exact) mass is 271 g/mol. The highest BCUT2D eigenvalue weighted by Crippen LogP contribution is 2.27. The molecule has 0 saturated heterocycles. The molecule has 3 nitrogen and oxygen atoms in total. The highest BCUT2D eigenvalue weighted by atomic mass is 32.2. The summed E-state index contributed by atoms with van der Waals surface area (Å²) >= 11 is 0. The maximum absolute atomic E-state index is 13.3. The van der Waals surface area contributed by atoms with E-state index in [1.54, 1.807) is 6.07 Å². The van der Waals surface area contributed by atoms with Gasteiger partial charge in [-0.1, -0.05) is 18.9 Å². The van der Waals surface area contributed by atoms with Crippen molar-refractivity contribution in [3.05, 3.63) is 35.1 Å². The molecule has 0 radical (unpaired) electrons. The highest BCUT2D eigenvalue weighted by Gasteiger charge is 2.28. The molecule has 0 amide bonds. The van der Waals surface area contributed by atoms with E-state index < -0.39 is 15.7 Å². The van der Waals surface area contributed by atoms with Crippen LogP contribution in [0.1, 0.15) is 36.8 Å². The third-order valence-electron chi connectivity index (χ3n) is 3.43. The first-order chi connectivity index (χ1) is 8.51. The number of rotatable bonds is 4. The number of benzene rings is 1. The molecule has 0 unspecified atom stereocenters. The molecule has 0 bridgehead atoms. The third-order valence-corrected chi connectivity index (χ3v) is 5.65. The first-order valence-corrected chi connectivity index (χ1v) is 7.93. The Morgan fingerprint density at radius 1 is 1.17 bits per heavy atom. The van der Waals surface area contributed by atoms with Gasteiger partial charge in [0.25, 0.3) is 0 Å². The van der Waals surface area contributed by atoms with Crippen LogP contribution in [-0.2, 0) is 22.1 Å². The lowest BCUT2D eigenvalue weighted by Crippen LogP contribution is -2.19. The fraction of sp³-hybridized carbons (Fsp3) is 0.538. The Bertz CT molecular complexity index is 522. The van der Waals surface area contributed by atoms with Crippen molar-refractivity contribution in [1.82, 2.24) is 0 Å². The van der Waals surface area contributed by atoms with E-state index in [0.29, 0.717) is 11.1 Å². The molecule has 1 aromatic carbocycles. The minimum Gasteiger partial charge on any atom is -0.326 e. The topological polar surface area (TPSA) is 60.2 Å². The summed E-state index contributed by atoms with van der Waals surface area (Å²) in [5.74, 6) is -0.503. The van der Waals surface area contributed by atoms with Crippen molar-refractivity contribution >= 4 is 9.84 Å². The lowest BCUT2D eigenvalue weighted by Gasteiger charge is -2.11. The average Bonchev–Trinajstić information content (AvgIpc) is 2.81. The molecule has 1 saturated carbocycles. The van der Waals surface area contributed by atoms with Crippen LogP contribution in [0.4, 0.5) is 4.39 Å². The van der Waals surface area contributed by atoms with E-state index in [0.717, 1.165) is 25.7 Å². The standard InChI is InChI=1S/C13H18FNO2S/c14-12-6-10(8-15)5-11(7-12)9-18(16,17)13-3-1-2-4-13/h5-7,13H,1-4,8-9,15H2. The maximum atomic E-state index is 13.3. The first-order valence-electron chi connectivity index (χ1n) is 6.21. The molecular weight excluding hydrogens is 253 g/mol. The lowest BCUT2D eigenvalue weighted by molar-refractivity contribution is 0.578. The van der Waals surface area contributed by atoms with E-state index in [-0.39, 0.29) is 17.5 Å². The Labute approximate surface area is 107 Å². The summed E-state index contributed by atoms with van der Waals surface area (Å²) in [6.07, 6.45) is 3.42. The van der Waals surface area contributed by atoms with Gasteiger partial charge in [0.2, 0.25) is 0 Å². The maximum Gasteiger partial charge on any atom is 0.157 e. The van der Waals surface area contributed by atoms with Gasteiger partial charge in [-0.05, 0) is 36.1 Å². The van der Waals surface area contributed by atoms with Gasteiger partial charge in [-0.25, -0.2) is 12.8 Å². The van der Waals surface area contributed by atoms with E-state index in [1.165, 1.54) is 12.1 Å². The van der Waals surface area contributed by atoms with Gasteiger partial charge in [-0.15, -0.1) is 0 Å². The minimum absolute atomic E-state index is 0.0809. The van der Waals surface area contributed by atoms with Gasteiger partial charge in [-0.2, -0.15) is 0 Å². The molecule has 100 valence electrons. The number of hydrogen-bond donors (Lipinski definition) is 1. The summed E-state index contributed by atoms with van der Waals surface area (Å²) < 4.78 is 37.6. The first kappa shape index (κ1) is 13.5. The van der Waals surface area contributed by atoms with Crippen molar-refractivity contribution < 1.29 is 12.8 Å². The number of nitrogens with two attached hydrogens (primary N) is 1. The molecule has 0 atom stereocenters. The summed E-state index contributed by atoms with van der Waals surface area (Å²) in [6.45, 7) is 0.217. The Morgan fingerprint density at radius 2 is 1.78 bits per heavy atom. The molecular formula is C13H18FNO2S. The van der Waals surface area contributed by atoms with Crippen LogP contribution in [-0.4, -0.2) is 13.7 Å². The van der Waals surface area contributed by atoms with E-state index in [4.69, 9.17) is 5.73 Å². The molecule has 2 N–H and O–H groups in total. The Morgan fingerprint density at radius 3 is 2.39 bits per heavy atom. The smallest absolute Gasteiger partial charge is 0.157 e. The molecule has 1 aliphatic carbocycles. The van der Waals surface area contributed by atoms with E-state index in [9.17, 15) is 12.8 Å². The zero-order valence-electron chi connectivity index (χ0n) is 10.2. The normalized spacial score (nSPS) is 17.2. The summed E-state index contributed by atoms with van der Waals surface area (Å²) in [5.41, 5.74) is 6.59. The van der Waals surface area contributed by atoms with Crippen LogP contribution >= 0.6 is 0 Å². The summed E-state index contributed by atoms with van der Waals surface area (Å²) in [7, 11) is -3.16. The molecule has 0 spiro atoms. The van der Waals surface area contributed by atoms with Crippen LogP contribution in [0.25, 0.3) is 0 Å². The second-order valence-electron chi connectivity index (χ2n) is 4.89. The van der Waals surface area contributed by atoms with Gasteiger partial charge in [0.05, 0.1) is 11.0 Å². The SMILES string of the molecule is NCc1cc(F)cc(CS(=O)(=O)C2CCCC2)c1. The van der Waals surface area contributed by atoms with Crippen molar-refractivity contribution in [3.63, 3.8) is 0 Å². The Hall–Kier alpha value is -0.940. The van der Waals surface area contributed by atoms with Crippen LogP contribution in [0.3, 0.4) is 0 Å². The molecule has 18 heavy (non-hydrogen) atoms. The van der Waals surface area contributed by atoms with Crippen LogP contribution in [0.15, 0.2) is 18.2 Å². The minimum atomic E-state index is -3.16. The molecule has 1 fully saturated rings. The molecule has 1 aliphatic rings. The van der Waals surface area contributed by atoms with Crippen LogP contribution in [0.2, 0.25) is 0 Å². The van der Waals surface area contributed by atoms with Gasteiger partial charge >= 0.3 is 0 Å². The predicted octanol–water partition coefficient (Wildman–Crippen LogP) is 2.14. The van der Waals surface area contributed by atoms with Crippen LogP contribution in [0.5, 0.6) is 0 Å². The molecule has 0 heterocycles. The number of hydrogen-bond acceptors (Lipinski definition) is 3. The third kappa shape index (κ3) is 3.09. The van der Waals surface area contributed by atoms with E-state index >= 15 is 0 Å². The molecule has 5 heteroatoms. The fourth-order valence-electron chi connectivity index (χ4n) is 2.52. The molecule has 0 aliphatic heterocycles. The molecule has 0 aromatic heterocycles. The Balaban J connectivity index is 2.20. The van der Waals surface area contributed by atoms with Gasteiger partial charge in [0.15, 0.2) is 9.84 Å². The second kappa shape index (κ2) is 5.36. The van der Waals surface area contributed by atoms with Crippen molar-refractivity contribution in [2.75, 3.05) is 0 Å². The average molecular weight is 271 g/mol. The van der Waals surface area contributed by atoms with E-state index in [2.05, 4.69) is 0 Å². The summed E-state index contributed by atoms with van der Waals surface area (Å²) in [6, 6.07) is 4.30. The highest BCUT2D eigenvalue weighted by molar-refractivity contribution is 7.91. The van der Waals surface area contributed by atoms with Gasteiger partial charge in [-0.3, -0.25) is 0 Å². The van der Waals surface area contributed by atoms with Gasteiger partial charge < -0.3 is 5.73 Å². The molecule has 1 aromatic rings. The zero-order chi connectivity index (χ0) is 13.2. The largest absolute Gasteiger partial charge is 0.326 e. The summed E-state index contributed by atoms with van der Waals surface area (Å²) in [5, 5.41) is -0.248. The second-order valence-corrected chi connectivity index (χ2v) is 7.17. The lowest BCUT2D eigenvalue weighted by atomic mass is 10.1. The van der Waals surface area contributed by atoms with Gasteiger partial charge in [0.1, 0.15) is 5.82 Å².